The van der Waals surface area contributed by atoms with E-state index in [-0.39, 0.29) is 0 Å². The second-order valence-corrected chi connectivity index (χ2v) is 6.55. The Hall–Kier alpha value is -1.32. The van der Waals surface area contributed by atoms with Gasteiger partial charge in [0.15, 0.2) is 5.76 Å². The Morgan fingerprint density at radius 3 is 2.13 bits per heavy atom. The lowest BCUT2D eigenvalue weighted by Crippen LogP contribution is -3.11. The van der Waals surface area contributed by atoms with Crippen molar-refractivity contribution >= 4 is 11.0 Å². The standard InChI is InChI=1S/C20H32N2O/c1-4-21(5-2)14-10-7-11-15-22(6-3)17-19-16-18-12-8-9-13-20(18)23-19/h8-9,12-13,16H,4-7,10-11,14-15,17H2,1-3H3/p+2. The lowest BCUT2D eigenvalue weighted by atomic mass is 10.2. The Bertz CT molecular complexity index is 527. The number of hydrogen-bond donors (Lipinski definition) is 2. The summed E-state index contributed by atoms with van der Waals surface area (Å²) in [5, 5.41) is 1.22. The molecule has 0 amide bonds. The van der Waals surface area contributed by atoms with E-state index < -0.39 is 0 Å². The molecule has 0 spiro atoms. The highest BCUT2D eigenvalue weighted by Crippen LogP contribution is 2.17. The molecule has 1 unspecified atom stereocenters. The van der Waals surface area contributed by atoms with E-state index in [1.165, 1.54) is 57.4 Å². The number of furan rings is 1. The quantitative estimate of drug-likeness (QED) is 0.607. The van der Waals surface area contributed by atoms with Crippen LogP contribution in [-0.4, -0.2) is 32.7 Å². The summed E-state index contributed by atoms with van der Waals surface area (Å²) in [7, 11) is 0. The minimum atomic E-state index is 1.01. The van der Waals surface area contributed by atoms with Crippen molar-refractivity contribution in [1.82, 2.24) is 0 Å². The maximum Gasteiger partial charge on any atom is 0.159 e. The predicted octanol–water partition coefficient (Wildman–Crippen LogP) is 1.93. The highest BCUT2D eigenvalue weighted by molar-refractivity contribution is 5.77. The number of fused-ring (bicyclic) bond motifs is 1. The first-order valence-electron chi connectivity index (χ1n) is 9.41. The Labute approximate surface area is 141 Å². The van der Waals surface area contributed by atoms with Crippen LogP contribution in [0, 0.1) is 0 Å². The van der Waals surface area contributed by atoms with Gasteiger partial charge in [0, 0.05) is 5.39 Å². The van der Waals surface area contributed by atoms with E-state index in [1.54, 1.807) is 9.80 Å². The first kappa shape index (κ1) is 18.0. The summed E-state index contributed by atoms with van der Waals surface area (Å²) in [5.74, 6) is 1.12. The molecule has 0 saturated heterocycles. The number of unbranched alkanes of at least 4 members (excludes halogenated alkanes) is 2. The van der Waals surface area contributed by atoms with E-state index in [4.69, 9.17) is 4.42 Å². The summed E-state index contributed by atoms with van der Waals surface area (Å²) < 4.78 is 5.96. The minimum Gasteiger partial charge on any atom is -0.455 e. The van der Waals surface area contributed by atoms with Crippen molar-refractivity contribution in [1.29, 1.82) is 0 Å². The normalized spacial score (nSPS) is 13.0. The molecule has 0 aliphatic rings. The summed E-state index contributed by atoms with van der Waals surface area (Å²) in [6.07, 6.45) is 4.04. The molecule has 2 rings (SSSR count). The van der Waals surface area contributed by atoms with Crippen molar-refractivity contribution in [3.63, 3.8) is 0 Å². The van der Waals surface area contributed by atoms with Crippen LogP contribution in [0.2, 0.25) is 0 Å². The van der Waals surface area contributed by atoms with Crippen LogP contribution in [0.25, 0.3) is 11.0 Å². The van der Waals surface area contributed by atoms with E-state index in [9.17, 15) is 0 Å². The van der Waals surface area contributed by atoms with Gasteiger partial charge in [-0.05, 0) is 52.2 Å². The minimum absolute atomic E-state index is 1.01. The molecule has 2 N–H and O–H groups in total. The Balaban J connectivity index is 1.72. The topological polar surface area (TPSA) is 22.0 Å². The fourth-order valence-corrected chi connectivity index (χ4v) is 3.29. The van der Waals surface area contributed by atoms with Gasteiger partial charge in [-0.25, -0.2) is 0 Å². The van der Waals surface area contributed by atoms with E-state index in [1.807, 2.05) is 6.07 Å². The average Bonchev–Trinajstić information content (AvgIpc) is 2.99. The van der Waals surface area contributed by atoms with Gasteiger partial charge in [-0.2, -0.15) is 0 Å². The zero-order valence-corrected chi connectivity index (χ0v) is 15.2. The van der Waals surface area contributed by atoms with Gasteiger partial charge >= 0.3 is 0 Å². The molecule has 128 valence electrons. The van der Waals surface area contributed by atoms with Gasteiger partial charge in [0.2, 0.25) is 0 Å². The summed E-state index contributed by atoms with van der Waals surface area (Å²) in [4.78, 5) is 3.35. The van der Waals surface area contributed by atoms with Gasteiger partial charge in [-0.1, -0.05) is 18.2 Å². The fourth-order valence-electron chi connectivity index (χ4n) is 3.29. The van der Waals surface area contributed by atoms with Gasteiger partial charge in [0.1, 0.15) is 12.1 Å². The monoisotopic (exact) mass is 318 g/mol. The molecule has 0 aliphatic carbocycles. The van der Waals surface area contributed by atoms with Crippen LogP contribution in [0.15, 0.2) is 34.7 Å². The lowest BCUT2D eigenvalue weighted by molar-refractivity contribution is -0.913. The summed E-state index contributed by atoms with van der Waals surface area (Å²) >= 11 is 0. The highest BCUT2D eigenvalue weighted by Gasteiger charge is 2.11. The number of benzene rings is 1. The molecule has 0 fully saturated rings. The van der Waals surface area contributed by atoms with E-state index in [2.05, 4.69) is 45.0 Å². The largest absolute Gasteiger partial charge is 0.455 e. The molecule has 2 aromatic rings. The fraction of sp³-hybridized carbons (Fsp3) is 0.600. The molecular weight excluding hydrogens is 284 g/mol. The summed E-state index contributed by atoms with van der Waals surface area (Å²) in [5.41, 5.74) is 1.01. The Morgan fingerprint density at radius 2 is 1.48 bits per heavy atom. The summed E-state index contributed by atoms with van der Waals surface area (Å²) in [6, 6.07) is 10.5. The third kappa shape index (κ3) is 5.67. The number of quaternary nitrogens is 2. The highest BCUT2D eigenvalue weighted by atomic mass is 16.3. The van der Waals surface area contributed by atoms with Crippen LogP contribution in [0.1, 0.15) is 45.8 Å². The SMILES string of the molecule is CC[NH+](CC)CCCCC[NH+](CC)Cc1cc2ccccc2o1. The molecule has 0 bridgehead atoms. The number of rotatable bonds is 11. The molecule has 3 heteroatoms. The third-order valence-corrected chi connectivity index (χ3v) is 4.96. The van der Waals surface area contributed by atoms with Gasteiger partial charge in [-0.15, -0.1) is 0 Å². The molecule has 23 heavy (non-hydrogen) atoms. The van der Waals surface area contributed by atoms with Crippen LogP contribution in [0.4, 0.5) is 0 Å². The van der Waals surface area contributed by atoms with Crippen molar-refractivity contribution in [2.45, 2.75) is 46.6 Å². The number of para-hydroxylation sites is 1. The molecule has 3 nitrogen and oxygen atoms in total. The number of nitrogens with one attached hydrogen (secondary N) is 2. The maximum atomic E-state index is 5.96. The Kier molecular flexibility index (Phi) is 7.63. The smallest absolute Gasteiger partial charge is 0.159 e. The van der Waals surface area contributed by atoms with Crippen LogP contribution in [0.3, 0.4) is 0 Å². The third-order valence-electron chi connectivity index (χ3n) is 4.96. The van der Waals surface area contributed by atoms with Gasteiger partial charge in [-0.3, -0.25) is 0 Å². The second-order valence-electron chi connectivity index (χ2n) is 6.55. The number of hydrogen-bond acceptors (Lipinski definition) is 1. The predicted molar refractivity (Wildman–Crippen MR) is 97.1 cm³/mol. The maximum absolute atomic E-state index is 5.96. The molecular formula is C20H34N2O+2. The van der Waals surface area contributed by atoms with Gasteiger partial charge in [0.25, 0.3) is 0 Å². The summed E-state index contributed by atoms with van der Waals surface area (Å²) in [6.45, 7) is 14.1. The van der Waals surface area contributed by atoms with Crippen molar-refractivity contribution < 1.29 is 14.2 Å². The van der Waals surface area contributed by atoms with Crippen molar-refractivity contribution in [2.24, 2.45) is 0 Å². The van der Waals surface area contributed by atoms with Crippen LogP contribution >= 0.6 is 0 Å². The van der Waals surface area contributed by atoms with Crippen molar-refractivity contribution in [3.8, 4) is 0 Å². The van der Waals surface area contributed by atoms with E-state index in [0.717, 1.165) is 17.9 Å². The first-order valence-corrected chi connectivity index (χ1v) is 9.41. The molecule has 1 atom stereocenters. The van der Waals surface area contributed by atoms with Crippen LogP contribution in [-0.2, 0) is 6.54 Å². The molecule has 1 heterocycles. The first-order chi connectivity index (χ1) is 11.3. The van der Waals surface area contributed by atoms with Crippen molar-refractivity contribution in [2.75, 3.05) is 32.7 Å². The molecule has 0 radical (unpaired) electrons. The molecule has 0 aliphatic heterocycles. The van der Waals surface area contributed by atoms with E-state index >= 15 is 0 Å². The molecule has 1 aromatic heterocycles. The Morgan fingerprint density at radius 1 is 0.826 bits per heavy atom. The zero-order chi connectivity index (χ0) is 16.5. The average molecular weight is 319 g/mol. The molecule has 1 aromatic carbocycles. The second kappa shape index (κ2) is 9.74. The van der Waals surface area contributed by atoms with Gasteiger partial charge in [0.05, 0.1) is 32.7 Å². The zero-order valence-electron chi connectivity index (χ0n) is 15.2. The van der Waals surface area contributed by atoms with Crippen molar-refractivity contribution in [3.05, 3.63) is 36.1 Å². The van der Waals surface area contributed by atoms with Gasteiger partial charge < -0.3 is 14.2 Å². The molecule has 0 saturated carbocycles. The lowest BCUT2D eigenvalue weighted by Gasteiger charge is -2.17. The van der Waals surface area contributed by atoms with Crippen LogP contribution in [0.5, 0.6) is 0 Å². The van der Waals surface area contributed by atoms with E-state index in [0.29, 0.717) is 0 Å². The van der Waals surface area contributed by atoms with Crippen LogP contribution < -0.4 is 9.80 Å².